The van der Waals surface area contributed by atoms with Gasteiger partial charge in [-0.3, -0.25) is 9.10 Å². The molecule has 0 aliphatic carbocycles. The number of alkyl halides is 3. The fourth-order valence-electron chi connectivity index (χ4n) is 4.47. The number of sulfonamides is 1. The van der Waals surface area contributed by atoms with E-state index in [0.717, 1.165) is 35.5 Å². The standard InChI is InChI=1S/C28H24ClF3N2O5S/c1-3-13-33(22-9-6-8-21(16-22)28(30,31)32)40(37,38)25-15-20(11-12-23(25)29)27(36)39-17-26(35)34-18(2)14-19-7-4-5-10-24(19)34/h3-12,15-16,18H,1,13-14,17H2,2H3. The molecule has 4 rings (SSSR count). The van der Waals surface area contributed by atoms with E-state index < -0.39 is 45.1 Å². The topological polar surface area (TPSA) is 84.0 Å². The van der Waals surface area contributed by atoms with E-state index in [2.05, 4.69) is 6.58 Å². The molecule has 3 aromatic carbocycles. The van der Waals surface area contributed by atoms with E-state index >= 15 is 0 Å². The van der Waals surface area contributed by atoms with Crippen molar-refractivity contribution in [2.75, 3.05) is 22.4 Å². The number of rotatable bonds is 8. The Kier molecular flexibility index (Phi) is 8.27. The Labute approximate surface area is 234 Å². The third kappa shape index (κ3) is 5.85. The van der Waals surface area contributed by atoms with E-state index in [9.17, 15) is 31.2 Å². The maximum atomic E-state index is 13.6. The number of para-hydroxylation sites is 1. The second-order valence-corrected chi connectivity index (χ2v) is 11.3. The molecule has 0 fully saturated rings. The van der Waals surface area contributed by atoms with Gasteiger partial charge in [-0.15, -0.1) is 6.58 Å². The molecule has 1 heterocycles. The quantitative estimate of drug-likeness (QED) is 0.241. The highest BCUT2D eigenvalue weighted by Crippen LogP contribution is 2.35. The lowest BCUT2D eigenvalue weighted by Gasteiger charge is -2.25. The summed E-state index contributed by atoms with van der Waals surface area (Å²) in [6.45, 7) is 4.40. The first-order valence-corrected chi connectivity index (χ1v) is 13.8. The number of amides is 1. The summed E-state index contributed by atoms with van der Waals surface area (Å²) in [5.74, 6) is -1.43. The Bertz CT molecular complexity index is 1580. The molecule has 0 saturated carbocycles. The number of esters is 1. The molecule has 1 aliphatic rings. The highest BCUT2D eigenvalue weighted by atomic mass is 35.5. The molecular weight excluding hydrogens is 569 g/mol. The van der Waals surface area contributed by atoms with Crippen LogP contribution in [-0.4, -0.2) is 39.5 Å². The van der Waals surface area contributed by atoms with E-state index in [0.29, 0.717) is 16.8 Å². The predicted octanol–water partition coefficient (Wildman–Crippen LogP) is 5.87. The first-order chi connectivity index (χ1) is 18.8. The molecule has 7 nitrogen and oxygen atoms in total. The minimum atomic E-state index is -4.70. The van der Waals surface area contributed by atoms with Crippen LogP contribution in [0.2, 0.25) is 5.02 Å². The Balaban J connectivity index is 1.58. The molecule has 1 unspecified atom stereocenters. The normalized spacial score (nSPS) is 14.9. The lowest BCUT2D eigenvalue weighted by atomic mass is 10.1. The van der Waals surface area contributed by atoms with E-state index in [-0.39, 0.29) is 28.9 Å². The SMILES string of the molecule is C=CCN(c1cccc(C(F)(F)F)c1)S(=O)(=O)c1cc(C(=O)OCC(=O)N2c3ccccc3CC2C)ccc1Cl. The number of benzene rings is 3. The molecular formula is C28H24ClF3N2O5S. The molecule has 12 heteroatoms. The molecule has 1 aliphatic heterocycles. The Morgan fingerprint density at radius 2 is 1.85 bits per heavy atom. The largest absolute Gasteiger partial charge is 0.452 e. The molecule has 3 aromatic rings. The van der Waals surface area contributed by atoms with Gasteiger partial charge in [0.15, 0.2) is 6.61 Å². The molecule has 0 saturated heterocycles. The average molecular weight is 593 g/mol. The van der Waals surface area contributed by atoms with Crippen molar-refractivity contribution in [2.45, 2.75) is 30.5 Å². The maximum absolute atomic E-state index is 13.6. The number of hydrogen-bond donors (Lipinski definition) is 0. The summed E-state index contributed by atoms with van der Waals surface area (Å²) in [5.41, 5.74) is 0.190. The van der Waals surface area contributed by atoms with Gasteiger partial charge >= 0.3 is 12.1 Å². The van der Waals surface area contributed by atoms with Crippen LogP contribution in [0.1, 0.15) is 28.4 Å². The van der Waals surface area contributed by atoms with Crippen LogP contribution in [0.25, 0.3) is 0 Å². The summed E-state index contributed by atoms with van der Waals surface area (Å²) in [6.07, 6.45) is -2.85. The van der Waals surface area contributed by atoms with Crippen LogP contribution in [0.4, 0.5) is 24.5 Å². The van der Waals surface area contributed by atoms with Gasteiger partial charge in [-0.1, -0.05) is 41.9 Å². The zero-order chi connectivity index (χ0) is 29.2. The van der Waals surface area contributed by atoms with Gasteiger partial charge in [-0.25, -0.2) is 13.2 Å². The maximum Gasteiger partial charge on any atom is 0.416 e. The third-order valence-electron chi connectivity index (χ3n) is 6.29. The Hall–Kier alpha value is -3.83. The second kappa shape index (κ2) is 11.3. The highest BCUT2D eigenvalue weighted by Gasteiger charge is 2.34. The van der Waals surface area contributed by atoms with E-state index in [4.69, 9.17) is 16.3 Å². The molecule has 0 spiro atoms. The average Bonchev–Trinajstić information content (AvgIpc) is 3.25. The summed E-state index contributed by atoms with van der Waals surface area (Å²) >= 11 is 6.17. The van der Waals surface area contributed by atoms with Gasteiger partial charge in [-0.05, 0) is 61.4 Å². The molecule has 40 heavy (non-hydrogen) atoms. The predicted molar refractivity (Wildman–Crippen MR) is 145 cm³/mol. The van der Waals surface area contributed by atoms with Crippen molar-refractivity contribution in [3.63, 3.8) is 0 Å². The smallest absolute Gasteiger partial charge is 0.416 e. The summed E-state index contributed by atoms with van der Waals surface area (Å²) in [5, 5.41) is -0.267. The number of carbonyl (C=O) groups is 2. The minimum Gasteiger partial charge on any atom is -0.452 e. The van der Waals surface area contributed by atoms with Crippen LogP contribution in [0.15, 0.2) is 84.3 Å². The van der Waals surface area contributed by atoms with Gasteiger partial charge < -0.3 is 9.64 Å². The van der Waals surface area contributed by atoms with Crippen molar-refractivity contribution >= 4 is 44.9 Å². The Morgan fingerprint density at radius 1 is 1.12 bits per heavy atom. The van der Waals surface area contributed by atoms with Crippen molar-refractivity contribution in [1.82, 2.24) is 0 Å². The Morgan fingerprint density at radius 3 is 2.55 bits per heavy atom. The lowest BCUT2D eigenvalue weighted by Crippen LogP contribution is -2.38. The number of carbonyl (C=O) groups excluding carboxylic acids is 2. The molecule has 1 atom stereocenters. The first kappa shape index (κ1) is 29.2. The van der Waals surface area contributed by atoms with E-state index in [1.165, 1.54) is 18.2 Å². The van der Waals surface area contributed by atoms with Crippen LogP contribution in [0.3, 0.4) is 0 Å². The van der Waals surface area contributed by atoms with Crippen LogP contribution in [0.5, 0.6) is 0 Å². The monoisotopic (exact) mass is 592 g/mol. The molecule has 0 bridgehead atoms. The van der Waals surface area contributed by atoms with Crippen LogP contribution < -0.4 is 9.21 Å². The van der Waals surface area contributed by atoms with E-state index in [1.807, 2.05) is 19.1 Å². The molecule has 210 valence electrons. The van der Waals surface area contributed by atoms with Crippen LogP contribution >= 0.6 is 11.6 Å². The number of hydrogen-bond acceptors (Lipinski definition) is 5. The zero-order valence-electron chi connectivity index (χ0n) is 21.2. The zero-order valence-corrected chi connectivity index (χ0v) is 22.8. The summed E-state index contributed by atoms with van der Waals surface area (Å²) in [6, 6.07) is 14.4. The minimum absolute atomic E-state index is 0.137. The van der Waals surface area contributed by atoms with E-state index in [1.54, 1.807) is 17.0 Å². The van der Waals surface area contributed by atoms with Gasteiger partial charge in [0.05, 0.1) is 28.4 Å². The number of halogens is 4. The fourth-order valence-corrected chi connectivity index (χ4v) is 6.40. The highest BCUT2D eigenvalue weighted by molar-refractivity contribution is 7.93. The van der Waals surface area contributed by atoms with Gasteiger partial charge in [0.2, 0.25) is 0 Å². The number of ether oxygens (including phenoxy) is 1. The molecule has 0 radical (unpaired) electrons. The van der Waals surface area contributed by atoms with Crippen molar-refractivity contribution in [3.05, 3.63) is 101 Å². The lowest BCUT2D eigenvalue weighted by molar-refractivity contribution is -0.137. The molecule has 1 amide bonds. The number of fused-ring (bicyclic) bond motifs is 1. The second-order valence-electron chi connectivity index (χ2n) is 9.04. The molecule has 0 N–H and O–H groups in total. The summed E-state index contributed by atoms with van der Waals surface area (Å²) in [4.78, 5) is 26.7. The van der Waals surface area contributed by atoms with Crippen LogP contribution in [0, 0.1) is 0 Å². The van der Waals surface area contributed by atoms with Crippen molar-refractivity contribution < 1.29 is 35.9 Å². The van der Waals surface area contributed by atoms with Crippen molar-refractivity contribution in [2.24, 2.45) is 0 Å². The van der Waals surface area contributed by atoms with Gasteiger partial charge in [0, 0.05) is 11.7 Å². The van der Waals surface area contributed by atoms with Crippen LogP contribution in [-0.2, 0) is 32.2 Å². The number of anilines is 2. The molecule has 0 aromatic heterocycles. The fraction of sp³-hybridized carbons (Fsp3) is 0.214. The summed E-state index contributed by atoms with van der Waals surface area (Å²) < 4.78 is 72.9. The van der Waals surface area contributed by atoms with Gasteiger partial charge in [0.25, 0.3) is 15.9 Å². The van der Waals surface area contributed by atoms with Gasteiger partial charge in [-0.2, -0.15) is 13.2 Å². The third-order valence-corrected chi connectivity index (χ3v) is 8.57. The van der Waals surface area contributed by atoms with Gasteiger partial charge in [0.1, 0.15) is 4.90 Å². The summed E-state index contributed by atoms with van der Waals surface area (Å²) in [7, 11) is -4.57. The first-order valence-electron chi connectivity index (χ1n) is 12.0. The van der Waals surface area contributed by atoms with Crippen molar-refractivity contribution in [1.29, 1.82) is 0 Å². The number of nitrogens with zero attached hydrogens (tertiary/aromatic N) is 2. The van der Waals surface area contributed by atoms with Crippen molar-refractivity contribution in [3.8, 4) is 0 Å².